The minimum absolute atomic E-state index is 0.266. The van der Waals surface area contributed by atoms with E-state index in [-0.39, 0.29) is 6.61 Å². The maximum Gasteiger partial charge on any atom is 0.309 e. The number of aliphatic carboxylic acids is 1. The first-order valence-electron chi connectivity index (χ1n) is 5.18. The number of ether oxygens (including phenoxy) is 1. The molecule has 3 nitrogen and oxygen atoms in total. The van der Waals surface area contributed by atoms with E-state index in [1.165, 1.54) is 0 Å². The molecule has 0 aliphatic heterocycles. The van der Waals surface area contributed by atoms with Crippen LogP contribution in [0.2, 0.25) is 0 Å². The van der Waals surface area contributed by atoms with E-state index in [1.807, 2.05) is 31.2 Å². The van der Waals surface area contributed by atoms with Crippen molar-refractivity contribution < 1.29 is 14.6 Å². The molecule has 0 aromatic heterocycles. The van der Waals surface area contributed by atoms with Gasteiger partial charge in [-0.25, -0.2) is 0 Å². The molecule has 0 aliphatic carbocycles. The Morgan fingerprint density at radius 1 is 1.44 bits per heavy atom. The van der Waals surface area contributed by atoms with Crippen molar-refractivity contribution in [1.29, 1.82) is 0 Å². The Hall–Kier alpha value is -0.870. The fourth-order valence-corrected chi connectivity index (χ4v) is 1.65. The largest absolute Gasteiger partial charge is 0.481 e. The number of carboxylic acid groups (broad SMARTS) is 1. The number of carboxylic acids is 1. The van der Waals surface area contributed by atoms with Gasteiger partial charge in [0.25, 0.3) is 0 Å². The fourth-order valence-electron chi connectivity index (χ4n) is 1.38. The normalized spacial score (nSPS) is 12.4. The SMILES string of the molecule is CCOCC(Cc1ccc(Br)cc1)C(=O)O. The summed E-state index contributed by atoms with van der Waals surface area (Å²) in [4.78, 5) is 11.0. The molecule has 1 aromatic rings. The van der Waals surface area contributed by atoms with Gasteiger partial charge in [0.2, 0.25) is 0 Å². The molecule has 4 heteroatoms. The number of hydrogen-bond acceptors (Lipinski definition) is 2. The van der Waals surface area contributed by atoms with Crippen LogP contribution in [0.1, 0.15) is 12.5 Å². The van der Waals surface area contributed by atoms with Gasteiger partial charge in [-0.15, -0.1) is 0 Å². The van der Waals surface area contributed by atoms with Crippen molar-refractivity contribution in [2.45, 2.75) is 13.3 Å². The van der Waals surface area contributed by atoms with Crippen molar-refractivity contribution in [3.05, 3.63) is 34.3 Å². The van der Waals surface area contributed by atoms with Crippen LogP contribution in [0.15, 0.2) is 28.7 Å². The highest BCUT2D eigenvalue weighted by molar-refractivity contribution is 9.10. The van der Waals surface area contributed by atoms with Crippen molar-refractivity contribution >= 4 is 21.9 Å². The smallest absolute Gasteiger partial charge is 0.309 e. The molecule has 0 spiro atoms. The van der Waals surface area contributed by atoms with Crippen molar-refractivity contribution in [3.63, 3.8) is 0 Å². The lowest BCUT2D eigenvalue weighted by Gasteiger charge is -2.12. The average Bonchev–Trinajstić information content (AvgIpc) is 2.26. The lowest BCUT2D eigenvalue weighted by atomic mass is 10.0. The Morgan fingerprint density at radius 3 is 2.56 bits per heavy atom. The number of carbonyl (C=O) groups is 1. The van der Waals surface area contributed by atoms with E-state index in [0.29, 0.717) is 13.0 Å². The molecule has 1 N–H and O–H groups in total. The van der Waals surface area contributed by atoms with Crippen LogP contribution in [0.25, 0.3) is 0 Å². The van der Waals surface area contributed by atoms with E-state index in [4.69, 9.17) is 9.84 Å². The van der Waals surface area contributed by atoms with E-state index < -0.39 is 11.9 Å². The first-order valence-corrected chi connectivity index (χ1v) is 5.97. The standard InChI is InChI=1S/C12H15BrO3/c1-2-16-8-10(12(14)15)7-9-3-5-11(13)6-4-9/h3-6,10H,2,7-8H2,1H3,(H,14,15). The molecule has 0 radical (unpaired) electrons. The number of hydrogen-bond donors (Lipinski definition) is 1. The van der Waals surface area contributed by atoms with E-state index in [9.17, 15) is 4.79 Å². The molecule has 1 unspecified atom stereocenters. The Balaban J connectivity index is 2.60. The number of halogens is 1. The molecule has 0 amide bonds. The second kappa shape index (κ2) is 6.66. The third-order valence-corrected chi connectivity index (χ3v) is 2.80. The summed E-state index contributed by atoms with van der Waals surface area (Å²) >= 11 is 3.34. The van der Waals surface area contributed by atoms with Crippen LogP contribution in [-0.2, 0) is 16.0 Å². The van der Waals surface area contributed by atoms with E-state index in [0.717, 1.165) is 10.0 Å². The van der Waals surface area contributed by atoms with Gasteiger partial charge in [0.05, 0.1) is 12.5 Å². The van der Waals surface area contributed by atoms with Crippen LogP contribution in [0.4, 0.5) is 0 Å². The Bertz CT molecular complexity index is 335. The van der Waals surface area contributed by atoms with Gasteiger partial charge < -0.3 is 9.84 Å². The Labute approximate surface area is 104 Å². The van der Waals surface area contributed by atoms with Crippen LogP contribution < -0.4 is 0 Å². The second-order valence-electron chi connectivity index (χ2n) is 3.53. The molecule has 16 heavy (non-hydrogen) atoms. The van der Waals surface area contributed by atoms with Crippen molar-refractivity contribution in [3.8, 4) is 0 Å². The third kappa shape index (κ3) is 4.33. The van der Waals surface area contributed by atoms with Crippen molar-refractivity contribution in [2.24, 2.45) is 5.92 Å². The minimum atomic E-state index is -0.809. The van der Waals surface area contributed by atoms with Gasteiger partial charge in [0.15, 0.2) is 0 Å². The van der Waals surface area contributed by atoms with Gasteiger partial charge >= 0.3 is 5.97 Å². The molecular formula is C12H15BrO3. The summed E-state index contributed by atoms with van der Waals surface area (Å²) in [5.41, 5.74) is 1.01. The number of benzene rings is 1. The maximum absolute atomic E-state index is 11.0. The van der Waals surface area contributed by atoms with E-state index in [1.54, 1.807) is 0 Å². The molecule has 1 rings (SSSR count). The summed E-state index contributed by atoms with van der Waals surface area (Å²) in [5.74, 6) is -1.28. The van der Waals surface area contributed by atoms with Gasteiger partial charge in [0, 0.05) is 11.1 Å². The molecular weight excluding hydrogens is 272 g/mol. The zero-order valence-electron chi connectivity index (χ0n) is 9.15. The Kier molecular flexibility index (Phi) is 5.49. The number of rotatable bonds is 6. The highest BCUT2D eigenvalue weighted by atomic mass is 79.9. The quantitative estimate of drug-likeness (QED) is 0.875. The van der Waals surface area contributed by atoms with Crippen molar-refractivity contribution in [1.82, 2.24) is 0 Å². The summed E-state index contributed by atoms with van der Waals surface area (Å²) < 4.78 is 6.16. The third-order valence-electron chi connectivity index (χ3n) is 2.27. The monoisotopic (exact) mass is 286 g/mol. The summed E-state index contributed by atoms with van der Waals surface area (Å²) in [5, 5.41) is 9.03. The lowest BCUT2D eigenvalue weighted by molar-refractivity contribution is -0.143. The van der Waals surface area contributed by atoms with Crippen LogP contribution in [0, 0.1) is 5.92 Å². The first kappa shape index (κ1) is 13.2. The molecule has 0 aliphatic rings. The first-order chi connectivity index (χ1) is 7.63. The zero-order valence-corrected chi connectivity index (χ0v) is 10.7. The summed E-state index contributed by atoms with van der Waals surface area (Å²) in [7, 11) is 0. The minimum Gasteiger partial charge on any atom is -0.481 e. The van der Waals surface area contributed by atoms with E-state index >= 15 is 0 Å². The molecule has 0 heterocycles. The summed E-state index contributed by atoms with van der Waals surface area (Å²) in [6.45, 7) is 2.67. The molecule has 1 atom stereocenters. The topological polar surface area (TPSA) is 46.5 Å². The van der Waals surface area contributed by atoms with Crippen molar-refractivity contribution in [2.75, 3.05) is 13.2 Å². The molecule has 0 saturated heterocycles. The Morgan fingerprint density at radius 2 is 2.06 bits per heavy atom. The highest BCUT2D eigenvalue weighted by Gasteiger charge is 2.17. The summed E-state index contributed by atoms with van der Waals surface area (Å²) in [6, 6.07) is 7.67. The van der Waals surface area contributed by atoms with Gasteiger partial charge in [0.1, 0.15) is 0 Å². The predicted octanol–water partition coefficient (Wildman–Crippen LogP) is 2.73. The predicted molar refractivity (Wildman–Crippen MR) is 65.5 cm³/mol. The van der Waals surface area contributed by atoms with Crippen LogP contribution >= 0.6 is 15.9 Å². The maximum atomic E-state index is 11.0. The van der Waals surface area contributed by atoms with Gasteiger partial charge in [-0.1, -0.05) is 28.1 Å². The molecule has 0 bridgehead atoms. The second-order valence-corrected chi connectivity index (χ2v) is 4.44. The fraction of sp³-hybridized carbons (Fsp3) is 0.417. The van der Waals surface area contributed by atoms with Gasteiger partial charge in [-0.2, -0.15) is 0 Å². The molecule has 88 valence electrons. The van der Waals surface area contributed by atoms with Gasteiger partial charge in [-0.05, 0) is 31.0 Å². The average molecular weight is 287 g/mol. The lowest BCUT2D eigenvalue weighted by Crippen LogP contribution is -2.22. The van der Waals surface area contributed by atoms with Gasteiger partial charge in [-0.3, -0.25) is 4.79 Å². The van der Waals surface area contributed by atoms with E-state index in [2.05, 4.69) is 15.9 Å². The van der Waals surface area contributed by atoms with Crippen LogP contribution in [-0.4, -0.2) is 24.3 Å². The molecule has 0 fully saturated rings. The molecule has 1 aromatic carbocycles. The van der Waals surface area contributed by atoms with Crippen LogP contribution in [0.5, 0.6) is 0 Å². The van der Waals surface area contributed by atoms with Crippen LogP contribution in [0.3, 0.4) is 0 Å². The zero-order chi connectivity index (χ0) is 12.0. The summed E-state index contributed by atoms with van der Waals surface area (Å²) in [6.07, 6.45) is 0.503. The highest BCUT2D eigenvalue weighted by Crippen LogP contribution is 2.14. The molecule has 0 saturated carbocycles.